The molecule has 282 valence electrons. The van der Waals surface area contributed by atoms with Gasteiger partial charge in [-0.2, -0.15) is 10.5 Å². The maximum Gasteiger partial charge on any atom is 0.0991 e. The van der Waals surface area contributed by atoms with Crippen LogP contribution in [0.3, 0.4) is 0 Å². The molecule has 0 N–H and O–H groups in total. The molecule has 10 aromatic carbocycles. The Labute approximate surface area is 350 Å². The topological polar surface area (TPSA) is 54.1 Å². The molecular formula is C56H38N4. The Bertz CT molecular complexity index is 3060. The van der Waals surface area contributed by atoms with Crippen LogP contribution in [-0.2, 0) is 0 Å². The molecule has 10 rings (SSSR count). The van der Waals surface area contributed by atoms with Crippen molar-refractivity contribution in [1.29, 1.82) is 10.5 Å². The molecule has 0 amide bonds. The van der Waals surface area contributed by atoms with Crippen molar-refractivity contribution in [1.82, 2.24) is 0 Å². The average Bonchev–Trinajstić information content (AvgIpc) is 3.31. The summed E-state index contributed by atoms with van der Waals surface area (Å²) in [5.74, 6) is 0. The van der Waals surface area contributed by atoms with Crippen LogP contribution in [-0.4, -0.2) is 0 Å². The molecule has 0 heterocycles. The van der Waals surface area contributed by atoms with Crippen LogP contribution in [0.25, 0.3) is 54.6 Å². The van der Waals surface area contributed by atoms with E-state index in [4.69, 9.17) is 0 Å². The Morgan fingerprint density at radius 1 is 0.350 bits per heavy atom. The molecular weight excluding hydrogens is 729 g/mol. The highest BCUT2D eigenvalue weighted by atomic mass is 15.2. The van der Waals surface area contributed by atoms with Crippen LogP contribution in [0, 0.1) is 36.5 Å². The summed E-state index contributed by atoms with van der Waals surface area (Å²) in [5, 5.41) is 26.0. The quantitative estimate of drug-likeness (QED) is 0.145. The maximum atomic E-state index is 9.45. The van der Waals surface area contributed by atoms with E-state index >= 15 is 0 Å². The summed E-state index contributed by atoms with van der Waals surface area (Å²) >= 11 is 0. The van der Waals surface area contributed by atoms with E-state index in [1.807, 2.05) is 48.5 Å². The van der Waals surface area contributed by atoms with E-state index in [-0.39, 0.29) is 0 Å². The van der Waals surface area contributed by atoms with Crippen LogP contribution in [0.1, 0.15) is 22.3 Å². The van der Waals surface area contributed by atoms with E-state index in [9.17, 15) is 10.5 Å². The van der Waals surface area contributed by atoms with Crippen LogP contribution in [0.4, 0.5) is 34.1 Å². The predicted molar refractivity (Wildman–Crippen MR) is 249 cm³/mol. The molecule has 0 fully saturated rings. The van der Waals surface area contributed by atoms with Gasteiger partial charge in [-0.1, -0.05) is 121 Å². The van der Waals surface area contributed by atoms with E-state index in [1.165, 1.54) is 32.3 Å². The zero-order chi connectivity index (χ0) is 40.7. The smallest absolute Gasteiger partial charge is 0.0991 e. The normalized spacial score (nSPS) is 11.1. The van der Waals surface area contributed by atoms with Crippen LogP contribution in [0.15, 0.2) is 194 Å². The summed E-state index contributed by atoms with van der Waals surface area (Å²) in [6.07, 6.45) is 0. The number of rotatable bonds is 8. The summed E-state index contributed by atoms with van der Waals surface area (Å²) in [6.45, 7) is 4.35. The third kappa shape index (κ3) is 6.25. The SMILES string of the molecule is Cc1ccc(-c2ccc(C#N)cc2)cc1N(c1ccccc1)c1ccc2ccc3c(N(c4ccccc4)c4cc(-c5ccc(C#N)cc5)ccc4C)ccc4ccc1c2c43. The van der Waals surface area contributed by atoms with Crippen molar-refractivity contribution in [3.05, 3.63) is 216 Å². The first kappa shape index (κ1) is 36.2. The van der Waals surface area contributed by atoms with Gasteiger partial charge >= 0.3 is 0 Å². The molecule has 0 saturated carbocycles. The largest absolute Gasteiger partial charge is 0.310 e. The number of hydrogen-bond acceptors (Lipinski definition) is 4. The van der Waals surface area contributed by atoms with E-state index in [1.54, 1.807) is 0 Å². The van der Waals surface area contributed by atoms with E-state index < -0.39 is 0 Å². The van der Waals surface area contributed by atoms with Gasteiger partial charge < -0.3 is 9.80 Å². The number of nitriles is 2. The molecule has 0 unspecified atom stereocenters. The van der Waals surface area contributed by atoms with E-state index in [0.717, 1.165) is 67.5 Å². The first-order chi connectivity index (χ1) is 29.5. The Morgan fingerprint density at radius 3 is 1.10 bits per heavy atom. The Balaban J connectivity index is 1.19. The maximum absolute atomic E-state index is 9.45. The van der Waals surface area contributed by atoms with Crippen molar-refractivity contribution < 1.29 is 0 Å². The minimum atomic E-state index is 0.646. The van der Waals surface area contributed by atoms with Gasteiger partial charge in [0, 0.05) is 33.5 Å². The summed E-state index contributed by atoms with van der Waals surface area (Å²) < 4.78 is 0. The van der Waals surface area contributed by atoms with E-state index in [2.05, 4.69) is 181 Å². The molecule has 0 aliphatic carbocycles. The second kappa shape index (κ2) is 15.0. The standard InChI is InChI=1S/C56H38N4/c1-37-13-19-45(41-21-15-39(35-57)16-22-41)33-53(37)59(47-9-5-3-6-10-47)51-31-27-43-26-30-50-52(32-28-44-25-29-49(51)55(43)56(44)50)60(48-11-7-4-8-12-48)54-34-46(20-14-38(54)2)42-23-17-40(36-58)18-24-42/h3-34H,1-2H3. The van der Waals surface area contributed by atoms with Crippen LogP contribution < -0.4 is 9.80 Å². The van der Waals surface area contributed by atoms with Crippen molar-refractivity contribution in [2.24, 2.45) is 0 Å². The lowest BCUT2D eigenvalue weighted by atomic mass is 9.91. The third-order valence-electron chi connectivity index (χ3n) is 11.7. The fourth-order valence-corrected chi connectivity index (χ4v) is 8.66. The van der Waals surface area contributed by atoms with Crippen LogP contribution >= 0.6 is 0 Å². The van der Waals surface area contributed by atoms with Crippen LogP contribution in [0.5, 0.6) is 0 Å². The van der Waals surface area contributed by atoms with Crippen molar-refractivity contribution in [2.45, 2.75) is 13.8 Å². The predicted octanol–water partition coefficient (Wildman–Crippen LogP) is 15.2. The molecule has 0 atom stereocenters. The number of nitrogens with zero attached hydrogens (tertiary/aromatic N) is 4. The van der Waals surface area contributed by atoms with Gasteiger partial charge in [-0.3, -0.25) is 0 Å². The van der Waals surface area contributed by atoms with E-state index in [0.29, 0.717) is 11.1 Å². The lowest BCUT2D eigenvalue weighted by Gasteiger charge is -2.31. The zero-order valence-electron chi connectivity index (χ0n) is 33.3. The van der Waals surface area contributed by atoms with Crippen LogP contribution in [0.2, 0.25) is 0 Å². The van der Waals surface area contributed by atoms with Gasteiger partial charge in [0.2, 0.25) is 0 Å². The highest BCUT2D eigenvalue weighted by molar-refractivity contribution is 6.28. The van der Waals surface area contributed by atoms with Crippen molar-refractivity contribution in [3.63, 3.8) is 0 Å². The molecule has 0 aliphatic rings. The molecule has 60 heavy (non-hydrogen) atoms. The minimum Gasteiger partial charge on any atom is -0.310 e. The van der Waals surface area contributed by atoms with Gasteiger partial charge in [0.1, 0.15) is 0 Å². The van der Waals surface area contributed by atoms with Gasteiger partial charge in [0.25, 0.3) is 0 Å². The monoisotopic (exact) mass is 766 g/mol. The van der Waals surface area contributed by atoms with Gasteiger partial charge in [-0.25, -0.2) is 0 Å². The van der Waals surface area contributed by atoms with Gasteiger partial charge in [-0.15, -0.1) is 0 Å². The van der Waals surface area contributed by atoms with Crippen molar-refractivity contribution in [3.8, 4) is 34.4 Å². The lowest BCUT2D eigenvalue weighted by molar-refractivity contribution is 1.26. The summed E-state index contributed by atoms with van der Waals surface area (Å²) in [6, 6.07) is 72.7. The molecule has 0 radical (unpaired) electrons. The fraction of sp³-hybridized carbons (Fsp3) is 0.0357. The molecule has 0 spiro atoms. The Morgan fingerprint density at radius 2 is 0.717 bits per heavy atom. The molecule has 4 heteroatoms. The number of aryl methyl sites for hydroxylation is 2. The van der Waals surface area contributed by atoms with Crippen molar-refractivity contribution >= 4 is 66.4 Å². The molecule has 0 bridgehead atoms. The minimum absolute atomic E-state index is 0.646. The summed E-state index contributed by atoms with van der Waals surface area (Å²) in [5.41, 5.74) is 14.4. The van der Waals surface area contributed by atoms with Crippen molar-refractivity contribution in [2.75, 3.05) is 9.80 Å². The Kier molecular flexibility index (Phi) is 9.02. The number of benzene rings is 10. The Hall–Kier alpha value is -8.18. The summed E-state index contributed by atoms with van der Waals surface area (Å²) in [7, 11) is 0. The molecule has 10 aromatic rings. The second-order valence-electron chi connectivity index (χ2n) is 15.3. The second-order valence-corrected chi connectivity index (χ2v) is 15.3. The number of hydrogen-bond donors (Lipinski definition) is 0. The average molecular weight is 767 g/mol. The zero-order valence-corrected chi connectivity index (χ0v) is 33.3. The van der Waals surface area contributed by atoms with Gasteiger partial charge in [0.05, 0.1) is 34.6 Å². The molecule has 0 saturated heterocycles. The molecule has 0 aliphatic heterocycles. The lowest BCUT2D eigenvalue weighted by Crippen LogP contribution is -2.13. The number of para-hydroxylation sites is 2. The third-order valence-corrected chi connectivity index (χ3v) is 11.7. The van der Waals surface area contributed by atoms with Gasteiger partial charge in [-0.05, 0) is 142 Å². The first-order valence-electron chi connectivity index (χ1n) is 20.1. The molecule has 0 aromatic heterocycles. The summed E-state index contributed by atoms with van der Waals surface area (Å²) in [4.78, 5) is 4.78. The highest BCUT2D eigenvalue weighted by Gasteiger charge is 2.23. The highest BCUT2D eigenvalue weighted by Crippen LogP contribution is 2.49. The number of anilines is 6. The fourth-order valence-electron chi connectivity index (χ4n) is 8.66. The molecule has 4 nitrogen and oxygen atoms in total. The first-order valence-corrected chi connectivity index (χ1v) is 20.1. The van der Waals surface area contributed by atoms with Gasteiger partial charge in [0.15, 0.2) is 0 Å².